The van der Waals surface area contributed by atoms with Crippen LogP contribution in [0.2, 0.25) is 0 Å². The van der Waals surface area contributed by atoms with E-state index in [1.165, 1.54) is 0 Å². The molecule has 0 fully saturated rings. The maximum absolute atomic E-state index is 12.0. The predicted octanol–water partition coefficient (Wildman–Crippen LogP) is 0.741. The molecule has 25 heavy (non-hydrogen) atoms. The highest BCUT2D eigenvalue weighted by molar-refractivity contribution is 6.03. The SMILES string of the molecule is COCCOCCOCCc1nnc(NC(=O)c2ccccc2)nn1. The van der Waals surface area contributed by atoms with E-state index >= 15 is 0 Å². The van der Waals surface area contributed by atoms with Crippen molar-refractivity contribution < 1.29 is 19.0 Å². The number of rotatable bonds is 11. The van der Waals surface area contributed by atoms with Crippen LogP contribution in [0.15, 0.2) is 30.3 Å². The Hall–Kier alpha value is -2.49. The van der Waals surface area contributed by atoms with Gasteiger partial charge >= 0.3 is 0 Å². The molecule has 1 aromatic carbocycles. The van der Waals surface area contributed by atoms with Crippen LogP contribution in [-0.4, -0.2) is 66.4 Å². The van der Waals surface area contributed by atoms with Crippen LogP contribution in [-0.2, 0) is 20.6 Å². The van der Waals surface area contributed by atoms with Gasteiger partial charge in [0.1, 0.15) is 0 Å². The maximum Gasteiger partial charge on any atom is 0.268 e. The fourth-order valence-corrected chi connectivity index (χ4v) is 1.79. The zero-order chi connectivity index (χ0) is 17.7. The lowest BCUT2D eigenvalue weighted by molar-refractivity contribution is 0.0252. The Morgan fingerprint density at radius 2 is 1.56 bits per heavy atom. The molecule has 134 valence electrons. The minimum atomic E-state index is -0.311. The Kier molecular flexibility index (Phi) is 8.39. The van der Waals surface area contributed by atoms with E-state index in [1.807, 2.05) is 6.07 Å². The topological polar surface area (TPSA) is 108 Å². The average molecular weight is 347 g/mol. The second-order valence-electron chi connectivity index (χ2n) is 4.93. The number of hydrogen-bond acceptors (Lipinski definition) is 8. The van der Waals surface area contributed by atoms with E-state index in [4.69, 9.17) is 14.2 Å². The van der Waals surface area contributed by atoms with Gasteiger partial charge in [0, 0.05) is 19.1 Å². The predicted molar refractivity (Wildman–Crippen MR) is 89.2 cm³/mol. The van der Waals surface area contributed by atoms with E-state index < -0.39 is 0 Å². The number of ether oxygens (including phenoxy) is 3. The molecule has 0 unspecified atom stereocenters. The molecule has 2 aromatic rings. The van der Waals surface area contributed by atoms with E-state index in [9.17, 15) is 4.79 Å². The van der Waals surface area contributed by atoms with Crippen LogP contribution in [0, 0.1) is 0 Å². The number of anilines is 1. The summed E-state index contributed by atoms with van der Waals surface area (Å²) in [4.78, 5) is 12.0. The summed E-state index contributed by atoms with van der Waals surface area (Å²) in [7, 11) is 1.63. The molecule has 0 saturated heterocycles. The number of amides is 1. The number of methoxy groups -OCH3 is 1. The van der Waals surface area contributed by atoms with Gasteiger partial charge in [-0.15, -0.1) is 20.4 Å². The summed E-state index contributed by atoms with van der Waals surface area (Å²) < 4.78 is 15.5. The van der Waals surface area contributed by atoms with Crippen molar-refractivity contribution in [3.8, 4) is 0 Å². The summed E-state index contributed by atoms with van der Waals surface area (Å²) in [5.41, 5.74) is 0.510. The summed E-state index contributed by atoms with van der Waals surface area (Å²) in [6.45, 7) is 2.54. The minimum absolute atomic E-state index is 0.0602. The van der Waals surface area contributed by atoms with Gasteiger partial charge in [0.2, 0.25) is 0 Å². The van der Waals surface area contributed by atoms with E-state index in [2.05, 4.69) is 25.7 Å². The monoisotopic (exact) mass is 347 g/mol. The first kappa shape index (κ1) is 18.8. The van der Waals surface area contributed by atoms with E-state index in [1.54, 1.807) is 31.4 Å². The lowest BCUT2D eigenvalue weighted by atomic mass is 10.2. The molecule has 0 bridgehead atoms. The third-order valence-electron chi connectivity index (χ3n) is 3.06. The lowest BCUT2D eigenvalue weighted by Crippen LogP contribution is -2.16. The first-order valence-electron chi connectivity index (χ1n) is 7.86. The zero-order valence-corrected chi connectivity index (χ0v) is 14.1. The molecular weight excluding hydrogens is 326 g/mol. The van der Waals surface area contributed by atoms with Crippen molar-refractivity contribution in [2.75, 3.05) is 45.5 Å². The van der Waals surface area contributed by atoms with Gasteiger partial charge in [-0.05, 0) is 12.1 Å². The summed E-state index contributed by atoms with van der Waals surface area (Å²) in [5.74, 6) is 0.192. The molecule has 0 aliphatic rings. The number of carbonyl (C=O) groups is 1. The van der Waals surface area contributed by atoms with Crippen molar-refractivity contribution in [3.63, 3.8) is 0 Å². The van der Waals surface area contributed by atoms with Crippen molar-refractivity contribution in [1.29, 1.82) is 0 Å². The van der Waals surface area contributed by atoms with Gasteiger partial charge in [-0.3, -0.25) is 10.1 Å². The molecule has 0 saturated carbocycles. The quantitative estimate of drug-likeness (QED) is 0.593. The molecule has 0 aliphatic carbocycles. The molecule has 1 amide bonds. The van der Waals surface area contributed by atoms with Crippen LogP contribution in [0.4, 0.5) is 5.95 Å². The van der Waals surface area contributed by atoms with Gasteiger partial charge < -0.3 is 14.2 Å². The number of carbonyl (C=O) groups excluding carboxylic acids is 1. The third kappa shape index (κ3) is 7.29. The molecule has 2 rings (SSSR count). The first-order chi connectivity index (χ1) is 12.3. The van der Waals surface area contributed by atoms with Gasteiger partial charge in [0.25, 0.3) is 11.9 Å². The number of hydrogen-bond donors (Lipinski definition) is 1. The molecule has 1 N–H and O–H groups in total. The molecule has 1 heterocycles. The Labute approximate surface area is 145 Å². The molecule has 0 aliphatic heterocycles. The Balaban J connectivity index is 1.65. The maximum atomic E-state index is 12.0. The number of nitrogens with one attached hydrogen (secondary N) is 1. The summed E-state index contributed by atoms with van der Waals surface area (Å²) in [6.07, 6.45) is 0.477. The van der Waals surface area contributed by atoms with Gasteiger partial charge in [-0.2, -0.15) is 0 Å². The molecule has 0 radical (unpaired) electrons. The molecular formula is C16H21N5O4. The van der Waals surface area contributed by atoms with E-state index in [0.717, 1.165) is 0 Å². The van der Waals surface area contributed by atoms with Crippen LogP contribution < -0.4 is 5.32 Å². The molecule has 0 spiro atoms. The van der Waals surface area contributed by atoms with Crippen LogP contribution >= 0.6 is 0 Å². The molecule has 0 atom stereocenters. The van der Waals surface area contributed by atoms with Gasteiger partial charge in [-0.1, -0.05) is 18.2 Å². The fourth-order valence-electron chi connectivity index (χ4n) is 1.79. The first-order valence-corrected chi connectivity index (χ1v) is 7.86. The Bertz CT molecular complexity index is 624. The van der Waals surface area contributed by atoms with Crippen molar-refractivity contribution in [3.05, 3.63) is 41.7 Å². The summed E-state index contributed by atoms with van der Waals surface area (Å²) >= 11 is 0. The molecule has 9 heteroatoms. The number of aromatic nitrogens is 4. The van der Waals surface area contributed by atoms with Crippen LogP contribution in [0.5, 0.6) is 0 Å². The highest BCUT2D eigenvalue weighted by Gasteiger charge is 2.08. The van der Waals surface area contributed by atoms with Crippen molar-refractivity contribution in [1.82, 2.24) is 20.4 Å². The van der Waals surface area contributed by atoms with Crippen LogP contribution in [0.25, 0.3) is 0 Å². The van der Waals surface area contributed by atoms with Crippen molar-refractivity contribution in [2.45, 2.75) is 6.42 Å². The second kappa shape index (κ2) is 11.1. The minimum Gasteiger partial charge on any atom is -0.382 e. The average Bonchev–Trinajstić information content (AvgIpc) is 2.66. The fraction of sp³-hybridized carbons (Fsp3) is 0.438. The van der Waals surface area contributed by atoms with Gasteiger partial charge in [-0.25, -0.2) is 0 Å². The third-order valence-corrected chi connectivity index (χ3v) is 3.06. The van der Waals surface area contributed by atoms with Crippen LogP contribution in [0.1, 0.15) is 16.2 Å². The van der Waals surface area contributed by atoms with Crippen molar-refractivity contribution >= 4 is 11.9 Å². The highest BCUT2D eigenvalue weighted by Crippen LogP contribution is 2.02. The summed E-state index contributed by atoms with van der Waals surface area (Å²) in [6, 6.07) is 8.77. The highest BCUT2D eigenvalue weighted by atomic mass is 16.5. The Morgan fingerprint density at radius 1 is 0.920 bits per heavy atom. The number of benzene rings is 1. The smallest absolute Gasteiger partial charge is 0.268 e. The van der Waals surface area contributed by atoms with E-state index in [0.29, 0.717) is 50.8 Å². The lowest BCUT2D eigenvalue weighted by Gasteiger charge is -2.05. The largest absolute Gasteiger partial charge is 0.382 e. The zero-order valence-electron chi connectivity index (χ0n) is 14.1. The van der Waals surface area contributed by atoms with Crippen LogP contribution in [0.3, 0.4) is 0 Å². The number of nitrogens with zero attached hydrogens (tertiary/aromatic N) is 4. The second-order valence-corrected chi connectivity index (χ2v) is 4.93. The van der Waals surface area contributed by atoms with Crippen molar-refractivity contribution in [2.24, 2.45) is 0 Å². The summed E-state index contributed by atoms with van der Waals surface area (Å²) in [5, 5.41) is 18.1. The van der Waals surface area contributed by atoms with E-state index in [-0.39, 0.29) is 11.9 Å². The van der Waals surface area contributed by atoms with Gasteiger partial charge in [0.05, 0.1) is 33.0 Å². The Morgan fingerprint density at radius 3 is 2.24 bits per heavy atom. The molecule has 9 nitrogen and oxygen atoms in total. The molecule has 1 aromatic heterocycles. The van der Waals surface area contributed by atoms with Gasteiger partial charge in [0.15, 0.2) is 5.82 Å². The standard InChI is InChI=1S/C16H21N5O4/c1-23-9-10-25-12-11-24-8-7-14-18-20-16(21-19-14)17-15(22)13-5-3-2-4-6-13/h2-6H,7-12H2,1H3,(H,17,20,21,22). The normalized spacial score (nSPS) is 10.6.